The van der Waals surface area contributed by atoms with Gasteiger partial charge in [0.15, 0.2) is 0 Å². The van der Waals surface area contributed by atoms with Crippen LogP contribution in [0.5, 0.6) is 0 Å². The molecule has 0 aliphatic carbocycles. The van der Waals surface area contributed by atoms with Gasteiger partial charge in [0.1, 0.15) is 0 Å². The summed E-state index contributed by atoms with van der Waals surface area (Å²) in [6, 6.07) is 0. The first-order valence-electron chi connectivity index (χ1n) is 6.67. The third kappa shape index (κ3) is 2.63. The van der Waals surface area contributed by atoms with Crippen molar-refractivity contribution in [3.8, 4) is 5.95 Å². The minimum Gasteiger partial charge on any atom is -0.399 e. The smallest absolute Gasteiger partial charge is 0.399 e. The van der Waals surface area contributed by atoms with Crippen LogP contribution in [0.4, 0.5) is 0 Å². The Morgan fingerprint density at radius 1 is 1.05 bits per heavy atom. The highest BCUT2D eigenvalue weighted by Gasteiger charge is 2.51. The van der Waals surface area contributed by atoms with Crippen LogP contribution in [0.1, 0.15) is 27.7 Å². The molecule has 1 saturated heterocycles. The maximum Gasteiger partial charge on any atom is 0.498 e. The van der Waals surface area contributed by atoms with Crippen LogP contribution >= 0.6 is 15.9 Å². The Hall–Kier alpha value is -1.25. The lowest BCUT2D eigenvalue weighted by molar-refractivity contribution is 0.00578. The molecule has 0 radical (unpaired) electrons. The monoisotopic (exact) mass is 350 g/mol. The number of nitrogens with zero attached hydrogens (tertiary/aromatic N) is 4. The number of aromatic nitrogens is 4. The van der Waals surface area contributed by atoms with Crippen molar-refractivity contribution in [2.24, 2.45) is 0 Å². The molecular formula is C13H16BBrN4O2. The number of hydrogen-bond donors (Lipinski definition) is 0. The van der Waals surface area contributed by atoms with Crippen LogP contribution in [0, 0.1) is 0 Å². The van der Waals surface area contributed by atoms with Crippen LogP contribution in [-0.2, 0) is 9.31 Å². The summed E-state index contributed by atoms with van der Waals surface area (Å²) in [6.45, 7) is 8.07. The average molecular weight is 351 g/mol. The van der Waals surface area contributed by atoms with E-state index in [2.05, 4.69) is 31.0 Å². The molecule has 0 bridgehead atoms. The molecule has 1 aliphatic rings. The van der Waals surface area contributed by atoms with E-state index in [1.165, 1.54) is 0 Å². The second-order valence-corrected chi connectivity index (χ2v) is 6.92. The van der Waals surface area contributed by atoms with E-state index in [1.807, 2.05) is 27.7 Å². The quantitative estimate of drug-likeness (QED) is 0.772. The van der Waals surface area contributed by atoms with E-state index in [1.54, 1.807) is 29.5 Å². The van der Waals surface area contributed by atoms with Gasteiger partial charge in [0.2, 0.25) is 5.95 Å². The molecule has 21 heavy (non-hydrogen) atoms. The summed E-state index contributed by atoms with van der Waals surface area (Å²) in [5.74, 6) is 0.501. The first kappa shape index (κ1) is 14.7. The van der Waals surface area contributed by atoms with E-state index in [9.17, 15) is 0 Å². The van der Waals surface area contributed by atoms with Crippen molar-refractivity contribution in [3.05, 3.63) is 29.3 Å². The van der Waals surface area contributed by atoms with Crippen LogP contribution in [0.2, 0.25) is 0 Å². The van der Waals surface area contributed by atoms with Crippen molar-refractivity contribution in [1.29, 1.82) is 0 Å². The fourth-order valence-corrected chi connectivity index (χ4v) is 2.25. The van der Waals surface area contributed by atoms with Crippen molar-refractivity contribution in [2.75, 3.05) is 0 Å². The highest BCUT2D eigenvalue weighted by atomic mass is 79.9. The molecule has 3 heterocycles. The predicted octanol–water partition coefficient (Wildman–Crippen LogP) is 1.72. The van der Waals surface area contributed by atoms with Gasteiger partial charge >= 0.3 is 7.12 Å². The molecule has 110 valence electrons. The lowest BCUT2D eigenvalue weighted by Crippen LogP contribution is -2.41. The number of rotatable bonds is 2. The second kappa shape index (κ2) is 4.89. The zero-order valence-corrected chi connectivity index (χ0v) is 14.0. The van der Waals surface area contributed by atoms with Crippen LogP contribution in [0.25, 0.3) is 5.95 Å². The van der Waals surface area contributed by atoms with Crippen molar-refractivity contribution >= 4 is 28.5 Å². The summed E-state index contributed by atoms with van der Waals surface area (Å²) < 4.78 is 14.4. The van der Waals surface area contributed by atoms with E-state index in [0.717, 1.165) is 9.94 Å². The maximum atomic E-state index is 5.97. The Kier molecular flexibility index (Phi) is 3.42. The minimum atomic E-state index is -0.451. The van der Waals surface area contributed by atoms with E-state index in [4.69, 9.17) is 9.31 Å². The van der Waals surface area contributed by atoms with Gasteiger partial charge in [0.25, 0.3) is 0 Å². The van der Waals surface area contributed by atoms with Gasteiger partial charge in [-0.15, -0.1) is 0 Å². The Morgan fingerprint density at radius 2 is 1.62 bits per heavy atom. The molecular weight excluding hydrogens is 335 g/mol. The largest absolute Gasteiger partial charge is 0.498 e. The molecule has 8 heteroatoms. The highest BCUT2D eigenvalue weighted by Crippen LogP contribution is 2.36. The van der Waals surface area contributed by atoms with E-state index in [-0.39, 0.29) is 11.2 Å². The van der Waals surface area contributed by atoms with Gasteiger partial charge < -0.3 is 9.31 Å². The topological polar surface area (TPSA) is 62.1 Å². The predicted molar refractivity (Wildman–Crippen MR) is 82.6 cm³/mol. The highest BCUT2D eigenvalue weighted by molar-refractivity contribution is 9.10. The molecule has 1 aliphatic heterocycles. The Morgan fingerprint density at radius 3 is 2.10 bits per heavy atom. The minimum absolute atomic E-state index is 0.372. The normalized spacial score (nSPS) is 20.0. The van der Waals surface area contributed by atoms with E-state index < -0.39 is 7.12 Å². The van der Waals surface area contributed by atoms with E-state index >= 15 is 0 Å². The van der Waals surface area contributed by atoms with Crippen molar-refractivity contribution in [3.63, 3.8) is 0 Å². The summed E-state index contributed by atoms with van der Waals surface area (Å²) in [4.78, 5) is 8.62. The van der Waals surface area contributed by atoms with Gasteiger partial charge in [0.05, 0.1) is 21.9 Å². The van der Waals surface area contributed by atoms with Crippen molar-refractivity contribution < 1.29 is 9.31 Å². The third-order valence-corrected chi connectivity index (χ3v) is 4.35. The maximum absolute atomic E-state index is 5.97. The molecule has 0 atom stereocenters. The molecule has 0 amide bonds. The third-order valence-electron chi connectivity index (χ3n) is 3.94. The Bertz CT molecular complexity index is 640. The summed E-state index contributed by atoms with van der Waals surface area (Å²) in [5.41, 5.74) is 0.0513. The molecule has 0 spiro atoms. The zero-order valence-electron chi connectivity index (χ0n) is 12.4. The lowest BCUT2D eigenvalue weighted by atomic mass is 9.81. The zero-order chi connectivity index (χ0) is 15.3. The van der Waals surface area contributed by atoms with Crippen LogP contribution < -0.4 is 5.46 Å². The van der Waals surface area contributed by atoms with Gasteiger partial charge in [-0.2, -0.15) is 5.10 Å². The number of halogens is 1. The van der Waals surface area contributed by atoms with Gasteiger partial charge in [-0.3, -0.25) is 0 Å². The van der Waals surface area contributed by atoms with Crippen LogP contribution in [-0.4, -0.2) is 38.1 Å². The van der Waals surface area contributed by atoms with Crippen LogP contribution in [0.15, 0.2) is 29.3 Å². The molecule has 2 aromatic heterocycles. The molecule has 3 rings (SSSR count). The SMILES string of the molecule is CC1(C)OB(c2cnc(-n3cc(Br)cn3)nc2)OC1(C)C. The van der Waals surface area contributed by atoms with Gasteiger partial charge in [-0.25, -0.2) is 14.6 Å². The molecule has 6 nitrogen and oxygen atoms in total. The molecule has 0 aromatic carbocycles. The molecule has 2 aromatic rings. The fraction of sp³-hybridized carbons (Fsp3) is 0.462. The average Bonchev–Trinajstić information content (AvgIpc) is 2.92. The molecule has 0 unspecified atom stereocenters. The molecule has 0 N–H and O–H groups in total. The van der Waals surface area contributed by atoms with Gasteiger partial charge in [0, 0.05) is 24.1 Å². The second-order valence-electron chi connectivity index (χ2n) is 6.01. The standard InChI is InChI=1S/C13H16BBrN4O2/c1-12(2)13(3,4)21-14(20-12)9-5-16-11(17-6-9)19-8-10(15)7-18-19/h5-8H,1-4H3. The number of hydrogen-bond acceptors (Lipinski definition) is 5. The summed E-state index contributed by atoms with van der Waals surface area (Å²) in [7, 11) is -0.451. The first-order valence-corrected chi connectivity index (χ1v) is 7.46. The first-order chi connectivity index (χ1) is 9.78. The summed E-state index contributed by atoms with van der Waals surface area (Å²) in [6.07, 6.45) is 6.90. The lowest BCUT2D eigenvalue weighted by Gasteiger charge is -2.32. The van der Waals surface area contributed by atoms with Crippen molar-refractivity contribution in [1.82, 2.24) is 19.7 Å². The van der Waals surface area contributed by atoms with Crippen LogP contribution in [0.3, 0.4) is 0 Å². The van der Waals surface area contributed by atoms with Crippen molar-refractivity contribution in [2.45, 2.75) is 38.9 Å². The van der Waals surface area contributed by atoms with E-state index in [0.29, 0.717) is 5.95 Å². The summed E-state index contributed by atoms with van der Waals surface area (Å²) >= 11 is 3.34. The Balaban J connectivity index is 1.83. The molecule has 1 fully saturated rings. The molecule has 0 saturated carbocycles. The van der Waals surface area contributed by atoms with Gasteiger partial charge in [-0.1, -0.05) is 0 Å². The Labute approximate surface area is 132 Å². The fourth-order valence-electron chi connectivity index (χ4n) is 1.96. The summed E-state index contributed by atoms with van der Waals surface area (Å²) in [5, 5.41) is 4.14. The van der Waals surface area contributed by atoms with Gasteiger partial charge in [-0.05, 0) is 43.6 Å².